The van der Waals surface area contributed by atoms with Gasteiger partial charge in [0.1, 0.15) is 4.83 Å². The highest BCUT2D eigenvalue weighted by atomic mass is 79.9. The number of nitrogens with one attached hydrogen (secondary N) is 1. The minimum absolute atomic E-state index is 0. The second-order valence-electron chi connectivity index (χ2n) is 5.16. The van der Waals surface area contributed by atoms with Crippen molar-refractivity contribution in [2.45, 2.75) is 46.5 Å². The molecule has 0 aliphatic rings. The number of anilines is 1. The number of halogens is 1. The first-order valence-corrected chi connectivity index (χ1v) is 8.98. The Hall–Kier alpha value is -1.94. The summed E-state index contributed by atoms with van der Waals surface area (Å²) in [6.07, 6.45) is 0. The first-order chi connectivity index (χ1) is 11.5. The number of para-hydroxylation sites is 1. The van der Waals surface area contributed by atoms with Crippen molar-refractivity contribution >= 4 is 33.2 Å². The molecular formula is C21H28BrNO2. The van der Waals surface area contributed by atoms with E-state index in [4.69, 9.17) is 0 Å². The standard InChI is InChI=1S/C18H18BrNO2.C2H6.CH4/c1-12-7-3-6-10-16(12)20-11-14-8-4-5-9-15(14)18(22)17(19)13(2)21;1-2;/h3-10,17,20H,11H2,1-2H3;1-2H3;1H4. The van der Waals surface area contributed by atoms with Crippen molar-refractivity contribution in [2.75, 3.05) is 5.32 Å². The largest absolute Gasteiger partial charge is 0.381 e. The van der Waals surface area contributed by atoms with Gasteiger partial charge in [-0.1, -0.05) is 79.7 Å². The second-order valence-corrected chi connectivity index (χ2v) is 6.08. The Bertz CT molecular complexity index is 698. The van der Waals surface area contributed by atoms with E-state index >= 15 is 0 Å². The van der Waals surface area contributed by atoms with Gasteiger partial charge in [-0.15, -0.1) is 0 Å². The molecule has 3 nitrogen and oxygen atoms in total. The van der Waals surface area contributed by atoms with Crippen LogP contribution in [0.2, 0.25) is 0 Å². The van der Waals surface area contributed by atoms with Crippen molar-refractivity contribution in [3.8, 4) is 0 Å². The number of hydrogen-bond acceptors (Lipinski definition) is 3. The van der Waals surface area contributed by atoms with Crippen LogP contribution in [0.1, 0.15) is 49.7 Å². The summed E-state index contributed by atoms with van der Waals surface area (Å²) in [5.41, 5.74) is 3.63. The van der Waals surface area contributed by atoms with Crippen molar-refractivity contribution in [1.82, 2.24) is 0 Å². The maximum absolute atomic E-state index is 12.4. The first kappa shape index (κ1) is 23.1. The highest BCUT2D eigenvalue weighted by Gasteiger charge is 2.23. The molecule has 0 aromatic heterocycles. The molecule has 0 bridgehead atoms. The molecule has 1 unspecified atom stereocenters. The zero-order valence-corrected chi connectivity index (χ0v) is 16.2. The molecule has 0 saturated carbocycles. The number of ketones is 2. The van der Waals surface area contributed by atoms with Crippen LogP contribution < -0.4 is 5.32 Å². The molecular weight excluding hydrogens is 378 g/mol. The summed E-state index contributed by atoms with van der Waals surface area (Å²) < 4.78 is 0. The quantitative estimate of drug-likeness (QED) is 0.374. The summed E-state index contributed by atoms with van der Waals surface area (Å²) in [6.45, 7) is 7.97. The fourth-order valence-electron chi connectivity index (χ4n) is 2.20. The van der Waals surface area contributed by atoms with E-state index in [2.05, 4.69) is 21.2 Å². The fourth-order valence-corrected chi connectivity index (χ4v) is 2.44. The van der Waals surface area contributed by atoms with Gasteiger partial charge < -0.3 is 5.32 Å². The number of hydrogen-bond donors (Lipinski definition) is 1. The maximum Gasteiger partial charge on any atom is 0.184 e. The Morgan fingerprint density at radius 1 is 1.04 bits per heavy atom. The molecule has 2 aromatic rings. The SMILES string of the molecule is C.CC.CC(=O)C(Br)C(=O)c1ccccc1CNc1ccccc1C. The van der Waals surface area contributed by atoms with Crippen LogP contribution in [0.5, 0.6) is 0 Å². The number of aryl methyl sites for hydroxylation is 1. The monoisotopic (exact) mass is 405 g/mol. The topological polar surface area (TPSA) is 46.2 Å². The van der Waals surface area contributed by atoms with Gasteiger partial charge in [0.25, 0.3) is 0 Å². The van der Waals surface area contributed by atoms with Crippen LogP contribution in [-0.2, 0) is 11.3 Å². The Balaban J connectivity index is 0.00000185. The van der Waals surface area contributed by atoms with E-state index in [1.807, 2.05) is 63.2 Å². The van der Waals surface area contributed by atoms with Crippen LogP contribution >= 0.6 is 15.9 Å². The molecule has 0 fully saturated rings. The number of carbonyl (C=O) groups excluding carboxylic acids is 2. The Morgan fingerprint density at radius 3 is 2.20 bits per heavy atom. The van der Waals surface area contributed by atoms with Crippen LogP contribution in [0.15, 0.2) is 48.5 Å². The van der Waals surface area contributed by atoms with E-state index in [9.17, 15) is 9.59 Å². The molecule has 0 amide bonds. The number of alkyl halides is 1. The van der Waals surface area contributed by atoms with E-state index in [0.717, 1.165) is 16.8 Å². The minimum Gasteiger partial charge on any atom is -0.381 e. The molecule has 0 saturated heterocycles. The van der Waals surface area contributed by atoms with E-state index in [-0.39, 0.29) is 19.0 Å². The van der Waals surface area contributed by atoms with E-state index in [1.54, 1.807) is 6.07 Å². The smallest absolute Gasteiger partial charge is 0.184 e. The molecule has 0 spiro atoms. The third-order valence-corrected chi connectivity index (χ3v) is 4.54. The molecule has 0 aliphatic carbocycles. The third kappa shape index (κ3) is 6.46. The third-order valence-electron chi connectivity index (χ3n) is 3.48. The van der Waals surface area contributed by atoms with Gasteiger partial charge in [-0.3, -0.25) is 9.59 Å². The molecule has 0 radical (unpaired) electrons. The van der Waals surface area contributed by atoms with Crippen molar-refractivity contribution in [3.63, 3.8) is 0 Å². The van der Waals surface area contributed by atoms with Crippen molar-refractivity contribution < 1.29 is 9.59 Å². The maximum atomic E-state index is 12.4. The summed E-state index contributed by atoms with van der Waals surface area (Å²) in [7, 11) is 0. The molecule has 2 rings (SSSR count). The lowest BCUT2D eigenvalue weighted by Crippen LogP contribution is -2.23. The molecule has 0 heterocycles. The van der Waals surface area contributed by atoms with E-state index < -0.39 is 4.83 Å². The van der Waals surface area contributed by atoms with Gasteiger partial charge in [0, 0.05) is 17.8 Å². The van der Waals surface area contributed by atoms with Gasteiger partial charge in [-0.2, -0.15) is 0 Å². The van der Waals surface area contributed by atoms with Crippen LogP contribution in [0.25, 0.3) is 0 Å². The number of benzene rings is 2. The predicted octanol–water partition coefficient (Wildman–Crippen LogP) is 5.80. The normalized spacial score (nSPS) is 10.6. The average Bonchev–Trinajstić information content (AvgIpc) is 2.61. The van der Waals surface area contributed by atoms with Crippen molar-refractivity contribution in [3.05, 3.63) is 65.2 Å². The molecule has 136 valence electrons. The lowest BCUT2D eigenvalue weighted by molar-refractivity contribution is -0.115. The van der Waals surface area contributed by atoms with Gasteiger partial charge in [0.2, 0.25) is 0 Å². The van der Waals surface area contributed by atoms with Gasteiger partial charge in [-0.05, 0) is 31.0 Å². The summed E-state index contributed by atoms with van der Waals surface area (Å²) in [4.78, 5) is 23.0. The summed E-state index contributed by atoms with van der Waals surface area (Å²) >= 11 is 3.17. The highest BCUT2D eigenvalue weighted by molar-refractivity contribution is 9.10. The van der Waals surface area contributed by atoms with E-state index in [0.29, 0.717) is 12.1 Å². The molecule has 0 aliphatic heterocycles. The molecule has 25 heavy (non-hydrogen) atoms. The zero-order valence-electron chi connectivity index (χ0n) is 14.6. The first-order valence-electron chi connectivity index (χ1n) is 8.07. The average molecular weight is 406 g/mol. The summed E-state index contributed by atoms with van der Waals surface area (Å²) in [5, 5.41) is 3.34. The Labute approximate surface area is 160 Å². The van der Waals surface area contributed by atoms with Crippen molar-refractivity contribution in [1.29, 1.82) is 0 Å². The fraction of sp³-hybridized carbons (Fsp3) is 0.333. The van der Waals surface area contributed by atoms with Crippen LogP contribution in [0.4, 0.5) is 5.69 Å². The number of rotatable bonds is 6. The lowest BCUT2D eigenvalue weighted by atomic mass is 10.00. The van der Waals surface area contributed by atoms with E-state index in [1.165, 1.54) is 6.92 Å². The predicted molar refractivity (Wildman–Crippen MR) is 111 cm³/mol. The van der Waals surface area contributed by atoms with Gasteiger partial charge in [-0.25, -0.2) is 0 Å². The van der Waals surface area contributed by atoms with Crippen LogP contribution in [0, 0.1) is 6.92 Å². The highest BCUT2D eigenvalue weighted by Crippen LogP contribution is 2.19. The van der Waals surface area contributed by atoms with Gasteiger partial charge in [0.15, 0.2) is 11.6 Å². The second kappa shape index (κ2) is 11.6. The minimum atomic E-state index is -0.785. The van der Waals surface area contributed by atoms with Crippen molar-refractivity contribution in [2.24, 2.45) is 0 Å². The number of Topliss-reactive ketones (excluding diaryl/α,β-unsaturated/α-hetero) is 2. The molecule has 2 aromatic carbocycles. The van der Waals surface area contributed by atoms with Gasteiger partial charge in [0.05, 0.1) is 0 Å². The molecule has 4 heteroatoms. The zero-order chi connectivity index (χ0) is 18.1. The summed E-state index contributed by atoms with van der Waals surface area (Å²) in [5.74, 6) is -0.388. The Morgan fingerprint density at radius 2 is 1.60 bits per heavy atom. The van der Waals surface area contributed by atoms with Crippen LogP contribution in [-0.4, -0.2) is 16.4 Å². The molecule has 1 N–H and O–H groups in total. The summed E-state index contributed by atoms with van der Waals surface area (Å²) in [6, 6.07) is 15.4. The molecule has 1 atom stereocenters. The van der Waals surface area contributed by atoms with Gasteiger partial charge >= 0.3 is 0 Å². The number of carbonyl (C=O) groups is 2. The van der Waals surface area contributed by atoms with Crippen LogP contribution in [0.3, 0.4) is 0 Å². The Kier molecular flexibility index (Phi) is 10.7. The lowest BCUT2D eigenvalue weighted by Gasteiger charge is -2.13.